The highest BCUT2D eigenvalue weighted by atomic mass is 32.2. The molecule has 0 amide bonds. The predicted molar refractivity (Wildman–Crippen MR) is 89.9 cm³/mol. The Balaban J connectivity index is 1.89. The summed E-state index contributed by atoms with van der Waals surface area (Å²) in [6.45, 7) is 3.74. The lowest BCUT2D eigenvalue weighted by atomic mass is 10.1. The first-order valence-electron chi connectivity index (χ1n) is 8.55. The number of benzene rings is 1. The fourth-order valence-corrected chi connectivity index (χ4v) is 4.97. The van der Waals surface area contributed by atoms with E-state index >= 15 is 0 Å². The molecule has 2 rings (SSSR count). The molecule has 1 saturated carbocycles. The summed E-state index contributed by atoms with van der Waals surface area (Å²) in [6, 6.07) is 7.54. The van der Waals surface area contributed by atoms with Crippen molar-refractivity contribution in [3.8, 4) is 0 Å². The van der Waals surface area contributed by atoms with Gasteiger partial charge in [0, 0.05) is 13.2 Å². The van der Waals surface area contributed by atoms with Gasteiger partial charge in [-0.2, -0.15) is 0 Å². The smallest absolute Gasteiger partial charge is 0.181 e. The molecule has 0 saturated heterocycles. The molecule has 0 spiro atoms. The van der Waals surface area contributed by atoms with Crippen molar-refractivity contribution in [2.75, 3.05) is 13.2 Å². The van der Waals surface area contributed by atoms with Crippen LogP contribution >= 0.6 is 0 Å². The van der Waals surface area contributed by atoms with E-state index in [4.69, 9.17) is 4.74 Å². The van der Waals surface area contributed by atoms with Crippen LogP contribution in [-0.4, -0.2) is 26.9 Å². The van der Waals surface area contributed by atoms with Gasteiger partial charge >= 0.3 is 0 Å². The van der Waals surface area contributed by atoms with E-state index in [2.05, 4.69) is 6.92 Å². The molecule has 4 heteroatoms. The monoisotopic (exact) mass is 324 g/mol. The Morgan fingerprint density at radius 2 is 1.91 bits per heavy atom. The minimum atomic E-state index is -3.13. The van der Waals surface area contributed by atoms with Gasteiger partial charge in [-0.1, -0.05) is 31.9 Å². The van der Waals surface area contributed by atoms with E-state index in [-0.39, 0.29) is 5.25 Å². The van der Waals surface area contributed by atoms with Crippen LogP contribution in [0.1, 0.15) is 57.4 Å². The second kappa shape index (κ2) is 8.68. The van der Waals surface area contributed by atoms with Crippen molar-refractivity contribution in [1.29, 1.82) is 0 Å². The zero-order valence-electron chi connectivity index (χ0n) is 13.6. The summed E-state index contributed by atoms with van der Waals surface area (Å²) in [5, 5.41) is -0.162. The van der Waals surface area contributed by atoms with Gasteiger partial charge in [-0.15, -0.1) is 0 Å². The minimum Gasteiger partial charge on any atom is -0.381 e. The first-order chi connectivity index (χ1) is 10.6. The Morgan fingerprint density at radius 1 is 1.14 bits per heavy atom. The molecule has 3 nitrogen and oxygen atoms in total. The summed E-state index contributed by atoms with van der Waals surface area (Å²) in [6.07, 6.45) is 7.77. The Hall–Kier alpha value is -0.870. The van der Waals surface area contributed by atoms with Crippen molar-refractivity contribution in [2.24, 2.45) is 0 Å². The second-order valence-electron chi connectivity index (χ2n) is 6.17. The third-order valence-electron chi connectivity index (χ3n) is 4.32. The predicted octanol–water partition coefficient (Wildman–Crippen LogP) is 4.15. The van der Waals surface area contributed by atoms with E-state index in [1.807, 2.05) is 18.2 Å². The van der Waals surface area contributed by atoms with Crippen LogP contribution < -0.4 is 0 Å². The molecular weight excluding hydrogens is 296 g/mol. The number of unbranched alkanes of at least 4 members (excludes halogenated alkanes) is 1. The highest BCUT2D eigenvalue weighted by Crippen LogP contribution is 2.30. The maximum absolute atomic E-state index is 12.6. The molecule has 0 aliphatic heterocycles. The summed E-state index contributed by atoms with van der Waals surface area (Å²) in [4.78, 5) is 0.513. The van der Waals surface area contributed by atoms with Crippen LogP contribution in [0.25, 0.3) is 0 Å². The average Bonchev–Trinajstić information content (AvgIpc) is 3.06. The lowest BCUT2D eigenvalue weighted by Gasteiger charge is -2.12. The van der Waals surface area contributed by atoms with Gasteiger partial charge in [0.05, 0.1) is 10.1 Å². The van der Waals surface area contributed by atoms with E-state index in [0.717, 1.165) is 70.1 Å². The number of sulfone groups is 1. The highest BCUT2D eigenvalue weighted by Gasteiger charge is 2.30. The van der Waals surface area contributed by atoms with Crippen molar-refractivity contribution in [3.05, 3.63) is 29.8 Å². The maximum Gasteiger partial charge on any atom is 0.181 e. The van der Waals surface area contributed by atoms with Crippen molar-refractivity contribution >= 4 is 9.84 Å². The van der Waals surface area contributed by atoms with Crippen LogP contribution in [0.5, 0.6) is 0 Å². The van der Waals surface area contributed by atoms with E-state index in [1.54, 1.807) is 6.07 Å². The zero-order valence-corrected chi connectivity index (χ0v) is 14.4. The molecule has 0 unspecified atom stereocenters. The summed E-state index contributed by atoms with van der Waals surface area (Å²) in [5.41, 5.74) is 1.12. The van der Waals surface area contributed by atoms with Crippen LogP contribution in [0.2, 0.25) is 0 Å². The standard InChI is InChI=1S/C18H28O3S/c1-2-13-21-14-6-5-8-16-9-7-12-18(15-16)22(19,20)17-10-3-4-11-17/h7,9,12,15,17H,2-6,8,10-11,13-14H2,1H3. The van der Waals surface area contributed by atoms with Gasteiger partial charge in [0.1, 0.15) is 0 Å². The molecular formula is C18H28O3S. The third kappa shape index (κ3) is 4.82. The molecule has 0 atom stereocenters. The van der Waals surface area contributed by atoms with Gasteiger partial charge in [-0.05, 0) is 56.2 Å². The summed E-state index contributed by atoms with van der Waals surface area (Å²) in [5.74, 6) is 0. The van der Waals surface area contributed by atoms with Crippen LogP contribution in [0.3, 0.4) is 0 Å². The summed E-state index contributed by atoms with van der Waals surface area (Å²) >= 11 is 0. The third-order valence-corrected chi connectivity index (χ3v) is 6.58. The first-order valence-corrected chi connectivity index (χ1v) is 10.1. The molecule has 0 radical (unpaired) electrons. The van der Waals surface area contributed by atoms with Gasteiger partial charge in [0.25, 0.3) is 0 Å². The number of ether oxygens (including phenoxy) is 1. The van der Waals surface area contributed by atoms with Gasteiger partial charge in [0.15, 0.2) is 9.84 Å². The van der Waals surface area contributed by atoms with E-state index < -0.39 is 9.84 Å². The van der Waals surface area contributed by atoms with Crippen LogP contribution in [0.4, 0.5) is 0 Å². The Kier molecular flexibility index (Phi) is 6.90. The lowest BCUT2D eigenvalue weighted by Crippen LogP contribution is -2.17. The Labute approximate surface area is 135 Å². The number of hydrogen-bond acceptors (Lipinski definition) is 3. The van der Waals surface area contributed by atoms with E-state index in [1.165, 1.54) is 0 Å². The van der Waals surface area contributed by atoms with Crippen molar-refractivity contribution in [2.45, 2.75) is 68.4 Å². The summed E-state index contributed by atoms with van der Waals surface area (Å²) in [7, 11) is -3.13. The van der Waals surface area contributed by atoms with Gasteiger partial charge < -0.3 is 4.74 Å². The van der Waals surface area contributed by atoms with Gasteiger partial charge in [-0.25, -0.2) is 8.42 Å². The van der Waals surface area contributed by atoms with Crippen molar-refractivity contribution in [3.63, 3.8) is 0 Å². The van der Waals surface area contributed by atoms with Crippen LogP contribution in [0.15, 0.2) is 29.2 Å². The SMILES string of the molecule is CCCOCCCCc1cccc(S(=O)(=O)C2CCCC2)c1. The Morgan fingerprint density at radius 3 is 2.64 bits per heavy atom. The molecule has 0 bridgehead atoms. The lowest BCUT2D eigenvalue weighted by molar-refractivity contribution is 0.131. The minimum absolute atomic E-state index is 0.162. The topological polar surface area (TPSA) is 43.4 Å². The maximum atomic E-state index is 12.6. The second-order valence-corrected chi connectivity index (χ2v) is 8.40. The normalized spacial score (nSPS) is 16.2. The van der Waals surface area contributed by atoms with E-state index in [9.17, 15) is 8.42 Å². The zero-order chi connectivity index (χ0) is 15.8. The Bertz CT molecular complexity index is 545. The number of aryl methyl sites for hydroxylation is 1. The first kappa shape index (κ1) is 17.5. The van der Waals surface area contributed by atoms with Crippen molar-refractivity contribution < 1.29 is 13.2 Å². The molecule has 22 heavy (non-hydrogen) atoms. The molecule has 1 aliphatic carbocycles. The van der Waals surface area contributed by atoms with Crippen LogP contribution in [0, 0.1) is 0 Å². The molecule has 0 heterocycles. The van der Waals surface area contributed by atoms with Gasteiger partial charge in [0.2, 0.25) is 0 Å². The largest absolute Gasteiger partial charge is 0.381 e. The molecule has 1 aliphatic rings. The molecule has 1 aromatic rings. The molecule has 0 aromatic heterocycles. The molecule has 1 aromatic carbocycles. The fourth-order valence-electron chi connectivity index (χ4n) is 3.05. The van der Waals surface area contributed by atoms with Gasteiger partial charge in [-0.3, -0.25) is 0 Å². The van der Waals surface area contributed by atoms with Crippen LogP contribution in [-0.2, 0) is 21.0 Å². The van der Waals surface area contributed by atoms with Crippen molar-refractivity contribution in [1.82, 2.24) is 0 Å². The molecule has 0 N–H and O–H groups in total. The quantitative estimate of drug-likeness (QED) is 0.641. The molecule has 1 fully saturated rings. The van der Waals surface area contributed by atoms with E-state index in [0.29, 0.717) is 4.90 Å². The molecule has 124 valence electrons. The highest BCUT2D eigenvalue weighted by molar-refractivity contribution is 7.92. The fraction of sp³-hybridized carbons (Fsp3) is 0.667. The summed E-state index contributed by atoms with van der Waals surface area (Å²) < 4.78 is 30.7. The number of rotatable bonds is 9. The number of hydrogen-bond donors (Lipinski definition) is 0. The average molecular weight is 324 g/mol.